The normalized spacial score (nSPS) is 11.5. The number of halogens is 1. The molecule has 8 nitrogen and oxygen atoms in total. The van der Waals surface area contributed by atoms with E-state index >= 15 is 0 Å². The van der Waals surface area contributed by atoms with Crippen LogP contribution in [0.25, 0.3) is 0 Å². The summed E-state index contributed by atoms with van der Waals surface area (Å²) in [6.45, 7) is 4.97. The fraction of sp³-hybridized carbons (Fsp3) is 0.188. The summed E-state index contributed by atoms with van der Waals surface area (Å²) in [5, 5.41) is 9.94. The summed E-state index contributed by atoms with van der Waals surface area (Å²) in [6, 6.07) is 6.49. The maximum atomic E-state index is 13.0. The Balaban J connectivity index is 2.02. The Bertz CT molecular complexity index is 1080. The number of anilines is 1. The molecule has 2 heterocycles. The number of benzene rings is 1. The van der Waals surface area contributed by atoms with Crippen molar-refractivity contribution in [3.8, 4) is 0 Å². The van der Waals surface area contributed by atoms with Crippen molar-refractivity contribution in [2.24, 2.45) is 0 Å². The summed E-state index contributed by atoms with van der Waals surface area (Å²) in [4.78, 5) is 12.8. The number of aromatic amines is 1. The molecule has 0 spiro atoms. The lowest BCUT2D eigenvalue weighted by Crippen LogP contribution is -2.21. The number of carbonyl (C=O) groups is 1. The van der Waals surface area contributed by atoms with Gasteiger partial charge in [-0.3, -0.25) is 14.6 Å². The Morgan fingerprint density at radius 3 is 2.42 bits per heavy atom. The van der Waals surface area contributed by atoms with Crippen LogP contribution in [0, 0.1) is 26.6 Å². The number of carbonyl (C=O) groups excluding carboxylic acids is 1. The lowest BCUT2D eigenvalue weighted by molar-refractivity contribution is 0.0938. The molecular formula is C16H16FN5O3S. The van der Waals surface area contributed by atoms with Gasteiger partial charge in [-0.25, -0.2) is 9.07 Å². The molecule has 0 radical (unpaired) electrons. The summed E-state index contributed by atoms with van der Waals surface area (Å²) in [5.74, 6) is -1.11. The van der Waals surface area contributed by atoms with Crippen molar-refractivity contribution in [3.63, 3.8) is 0 Å². The molecule has 0 aliphatic carbocycles. The van der Waals surface area contributed by atoms with Gasteiger partial charge in [0.2, 0.25) is 5.03 Å². The molecule has 0 aliphatic rings. The van der Waals surface area contributed by atoms with Crippen molar-refractivity contribution in [1.82, 2.24) is 20.0 Å². The summed E-state index contributed by atoms with van der Waals surface area (Å²) < 4.78 is 41.8. The third kappa shape index (κ3) is 3.23. The number of rotatable bonds is 4. The molecule has 0 unspecified atom stereocenters. The largest absolute Gasteiger partial charge is 0.283 e. The Labute approximate surface area is 149 Å². The van der Waals surface area contributed by atoms with Crippen LogP contribution in [0.15, 0.2) is 35.4 Å². The fourth-order valence-electron chi connectivity index (χ4n) is 2.51. The van der Waals surface area contributed by atoms with Gasteiger partial charge in [-0.15, -0.1) is 0 Å². The first-order chi connectivity index (χ1) is 12.2. The lowest BCUT2D eigenvalue weighted by atomic mass is 10.2. The highest BCUT2D eigenvalue weighted by molar-refractivity contribution is 7.92. The zero-order chi connectivity index (χ0) is 19.1. The van der Waals surface area contributed by atoms with Crippen LogP contribution in [0.1, 0.15) is 27.4 Å². The zero-order valence-electron chi connectivity index (χ0n) is 14.2. The topological polar surface area (TPSA) is 110 Å². The van der Waals surface area contributed by atoms with Gasteiger partial charge in [-0.2, -0.15) is 18.6 Å². The van der Waals surface area contributed by atoms with Crippen molar-refractivity contribution in [2.75, 3.05) is 4.72 Å². The van der Waals surface area contributed by atoms with Crippen LogP contribution in [0.4, 0.5) is 10.1 Å². The summed E-state index contributed by atoms with van der Waals surface area (Å²) in [5.41, 5.74) is 1.54. The van der Waals surface area contributed by atoms with E-state index in [1.165, 1.54) is 12.1 Å². The molecule has 10 heteroatoms. The number of aromatic nitrogens is 4. The van der Waals surface area contributed by atoms with Gasteiger partial charge in [0.05, 0.1) is 5.69 Å². The maximum Gasteiger partial charge on any atom is 0.283 e. The number of nitrogens with one attached hydrogen (secondary N) is 2. The van der Waals surface area contributed by atoms with Crippen molar-refractivity contribution in [3.05, 3.63) is 58.8 Å². The van der Waals surface area contributed by atoms with Gasteiger partial charge in [0.1, 0.15) is 11.4 Å². The maximum absolute atomic E-state index is 13.0. The molecule has 0 fully saturated rings. The molecule has 0 amide bonds. The van der Waals surface area contributed by atoms with Crippen molar-refractivity contribution in [2.45, 2.75) is 25.8 Å². The van der Waals surface area contributed by atoms with E-state index in [-0.39, 0.29) is 11.3 Å². The monoisotopic (exact) mass is 377 g/mol. The van der Waals surface area contributed by atoms with E-state index < -0.39 is 26.8 Å². The van der Waals surface area contributed by atoms with Gasteiger partial charge >= 0.3 is 0 Å². The molecule has 0 bridgehead atoms. The molecule has 0 saturated heterocycles. The molecule has 1 aromatic carbocycles. The molecule has 0 atom stereocenters. The van der Waals surface area contributed by atoms with Crippen LogP contribution < -0.4 is 4.72 Å². The third-order valence-electron chi connectivity index (χ3n) is 3.68. The zero-order valence-corrected chi connectivity index (χ0v) is 15.1. The van der Waals surface area contributed by atoms with E-state index in [4.69, 9.17) is 0 Å². The van der Waals surface area contributed by atoms with Gasteiger partial charge < -0.3 is 0 Å². The fourth-order valence-corrected chi connectivity index (χ4v) is 3.73. The third-order valence-corrected chi connectivity index (χ3v) is 4.99. The van der Waals surface area contributed by atoms with E-state index in [2.05, 4.69) is 20.0 Å². The molecule has 2 aromatic heterocycles. The molecule has 0 saturated carbocycles. The van der Waals surface area contributed by atoms with E-state index in [0.717, 1.165) is 16.8 Å². The summed E-state index contributed by atoms with van der Waals surface area (Å²) in [7, 11) is -4.17. The highest BCUT2D eigenvalue weighted by Crippen LogP contribution is 2.22. The Kier molecular flexibility index (Phi) is 4.36. The number of nitrogens with zero attached hydrogens (tertiary/aromatic N) is 3. The molecule has 136 valence electrons. The van der Waals surface area contributed by atoms with E-state index in [9.17, 15) is 17.6 Å². The first-order valence-electron chi connectivity index (χ1n) is 7.60. The molecule has 3 rings (SSSR count). The lowest BCUT2D eigenvalue weighted by Gasteiger charge is -2.08. The van der Waals surface area contributed by atoms with Gasteiger partial charge in [0.15, 0.2) is 0 Å². The van der Waals surface area contributed by atoms with Crippen molar-refractivity contribution < 1.29 is 17.6 Å². The second-order valence-electron chi connectivity index (χ2n) is 5.79. The summed E-state index contributed by atoms with van der Waals surface area (Å²) in [6.07, 6.45) is 0. The first kappa shape index (κ1) is 17.8. The quantitative estimate of drug-likeness (QED) is 0.724. The number of aryl methyl sites for hydroxylation is 3. The smallest absolute Gasteiger partial charge is 0.281 e. The van der Waals surface area contributed by atoms with Gasteiger partial charge in [0.25, 0.3) is 15.9 Å². The minimum atomic E-state index is -4.17. The Hall–Kier alpha value is -3.01. The average Bonchev–Trinajstić information content (AvgIpc) is 3.11. The predicted molar refractivity (Wildman–Crippen MR) is 92.0 cm³/mol. The van der Waals surface area contributed by atoms with Gasteiger partial charge in [-0.05, 0) is 51.1 Å². The minimum absolute atomic E-state index is 0.106. The predicted octanol–water partition coefficient (Wildman–Crippen LogP) is 2.16. The van der Waals surface area contributed by atoms with Gasteiger partial charge in [0, 0.05) is 17.1 Å². The highest BCUT2D eigenvalue weighted by atomic mass is 32.2. The number of hydrogen-bond acceptors (Lipinski definition) is 5. The van der Waals surface area contributed by atoms with Crippen molar-refractivity contribution in [1.29, 1.82) is 0 Å². The molecule has 2 N–H and O–H groups in total. The van der Waals surface area contributed by atoms with Crippen molar-refractivity contribution >= 4 is 21.6 Å². The average molecular weight is 377 g/mol. The minimum Gasteiger partial charge on any atom is -0.281 e. The van der Waals surface area contributed by atoms with Crippen LogP contribution in [0.5, 0.6) is 0 Å². The van der Waals surface area contributed by atoms with Crippen LogP contribution >= 0.6 is 0 Å². The standard InChI is InChI=1S/C16H16FN5O3S/c1-9-8-10(2)22(20-9)16(23)14-11(3)18-19-15(14)26(24,25)21-13-6-4-12(17)5-7-13/h4-8,21H,1-3H3,(H,18,19). The van der Waals surface area contributed by atoms with E-state index in [0.29, 0.717) is 17.1 Å². The van der Waals surface area contributed by atoms with Crippen LogP contribution in [0.3, 0.4) is 0 Å². The summed E-state index contributed by atoms with van der Waals surface area (Å²) >= 11 is 0. The number of sulfonamides is 1. The van der Waals surface area contributed by atoms with Crippen LogP contribution in [-0.4, -0.2) is 34.3 Å². The SMILES string of the molecule is Cc1cc(C)n(C(=O)c2c(S(=O)(=O)Nc3ccc(F)cc3)n[nH]c2C)n1. The molecule has 3 aromatic rings. The Morgan fingerprint density at radius 2 is 1.85 bits per heavy atom. The highest BCUT2D eigenvalue weighted by Gasteiger charge is 2.30. The second-order valence-corrected chi connectivity index (χ2v) is 7.38. The van der Waals surface area contributed by atoms with E-state index in [1.54, 1.807) is 26.8 Å². The number of hydrogen-bond donors (Lipinski definition) is 2. The molecule has 26 heavy (non-hydrogen) atoms. The second kappa shape index (κ2) is 6.37. The van der Waals surface area contributed by atoms with E-state index in [1.807, 2.05) is 0 Å². The van der Waals surface area contributed by atoms with Gasteiger partial charge in [-0.1, -0.05) is 0 Å². The number of H-pyrrole nitrogens is 1. The Morgan fingerprint density at radius 1 is 1.19 bits per heavy atom. The molecule has 0 aliphatic heterocycles. The van der Waals surface area contributed by atoms with Crippen LogP contribution in [-0.2, 0) is 10.0 Å². The first-order valence-corrected chi connectivity index (χ1v) is 9.08. The van der Waals surface area contributed by atoms with Crippen LogP contribution in [0.2, 0.25) is 0 Å². The molecular weight excluding hydrogens is 361 g/mol.